The number of rotatable bonds is 9. The molecule has 1 heterocycles. The van der Waals surface area contributed by atoms with Crippen molar-refractivity contribution in [3.05, 3.63) is 54.1 Å². The first kappa shape index (κ1) is 22.8. The van der Waals surface area contributed by atoms with Crippen molar-refractivity contribution in [2.75, 3.05) is 26.8 Å². The molecule has 8 nitrogen and oxygen atoms in total. The molecule has 1 unspecified atom stereocenters. The van der Waals surface area contributed by atoms with E-state index in [4.69, 9.17) is 14.2 Å². The third kappa shape index (κ3) is 5.62. The molecule has 0 bridgehead atoms. The largest absolute Gasteiger partial charge is 0.497 e. The van der Waals surface area contributed by atoms with Crippen molar-refractivity contribution < 1.29 is 32.2 Å². The Morgan fingerprint density at radius 3 is 2.13 bits per heavy atom. The SMILES string of the molecule is COc1ccc(OC(C)C(=O)OCC(=O)c2ccc(S(=O)(=O)N3CCCC3)cc2)cc1. The maximum Gasteiger partial charge on any atom is 0.347 e. The summed E-state index contributed by atoms with van der Waals surface area (Å²) in [4.78, 5) is 24.6. The topological polar surface area (TPSA) is 99.2 Å². The highest BCUT2D eigenvalue weighted by atomic mass is 32.2. The van der Waals surface area contributed by atoms with Crippen LogP contribution in [-0.4, -0.2) is 57.4 Å². The van der Waals surface area contributed by atoms with Gasteiger partial charge in [0.25, 0.3) is 0 Å². The summed E-state index contributed by atoms with van der Waals surface area (Å²) in [6, 6.07) is 12.4. The van der Waals surface area contributed by atoms with Crippen molar-refractivity contribution in [1.29, 1.82) is 0 Å². The van der Waals surface area contributed by atoms with Crippen LogP contribution in [0.2, 0.25) is 0 Å². The number of methoxy groups -OCH3 is 1. The number of ether oxygens (including phenoxy) is 3. The summed E-state index contributed by atoms with van der Waals surface area (Å²) in [5.74, 6) is 0.00585. The molecule has 3 rings (SSSR count). The van der Waals surface area contributed by atoms with E-state index in [1.54, 1.807) is 31.4 Å². The standard InChI is InChI=1S/C22H25NO7S/c1-16(30-19-9-7-18(28-2)8-10-19)22(25)29-15-21(24)17-5-11-20(12-6-17)31(26,27)23-13-3-4-14-23/h5-12,16H,3-4,13-15H2,1-2H3. The van der Waals surface area contributed by atoms with E-state index in [2.05, 4.69) is 0 Å². The van der Waals surface area contributed by atoms with Crippen LogP contribution in [0.15, 0.2) is 53.4 Å². The smallest absolute Gasteiger partial charge is 0.347 e. The van der Waals surface area contributed by atoms with Crippen LogP contribution in [0.4, 0.5) is 0 Å². The fourth-order valence-corrected chi connectivity index (χ4v) is 4.65. The molecule has 0 aliphatic carbocycles. The molecule has 1 aliphatic heterocycles. The summed E-state index contributed by atoms with van der Waals surface area (Å²) in [7, 11) is -1.99. The van der Waals surface area contributed by atoms with Gasteiger partial charge in [0, 0.05) is 18.7 Å². The molecule has 1 aliphatic rings. The van der Waals surface area contributed by atoms with Crippen LogP contribution in [0, 0.1) is 0 Å². The van der Waals surface area contributed by atoms with E-state index >= 15 is 0 Å². The van der Waals surface area contributed by atoms with Gasteiger partial charge in [-0.1, -0.05) is 0 Å². The summed E-state index contributed by atoms with van der Waals surface area (Å²) in [6.45, 7) is 2.08. The molecular weight excluding hydrogens is 422 g/mol. The highest BCUT2D eigenvalue weighted by Gasteiger charge is 2.27. The zero-order valence-corrected chi connectivity index (χ0v) is 18.3. The van der Waals surface area contributed by atoms with Gasteiger partial charge in [-0.25, -0.2) is 13.2 Å². The van der Waals surface area contributed by atoms with Gasteiger partial charge in [0.2, 0.25) is 10.0 Å². The van der Waals surface area contributed by atoms with E-state index in [0.717, 1.165) is 12.8 Å². The third-order valence-electron chi connectivity index (χ3n) is 4.93. The highest BCUT2D eigenvalue weighted by Crippen LogP contribution is 2.21. The Morgan fingerprint density at radius 1 is 0.968 bits per heavy atom. The number of esters is 1. The number of carbonyl (C=O) groups is 2. The molecule has 166 valence electrons. The molecule has 1 atom stereocenters. The van der Waals surface area contributed by atoms with Gasteiger partial charge in [-0.2, -0.15) is 4.31 Å². The second kappa shape index (κ2) is 9.93. The Bertz CT molecular complexity index is 1010. The third-order valence-corrected chi connectivity index (χ3v) is 6.84. The molecule has 2 aromatic rings. The number of hydrogen-bond donors (Lipinski definition) is 0. The summed E-state index contributed by atoms with van der Waals surface area (Å²) >= 11 is 0. The van der Waals surface area contributed by atoms with Crippen LogP contribution in [0.5, 0.6) is 11.5 Å². The molecule has 0 amide bonds. The quantitative estimate of drug-likeness (QED) is 0.430. The van der Waals surface area contributed by atoms with Gasteiger partial charge in [0.1, 0.15) is 11.5 Å². The Morgan fingerprint density at radius 2 is 1.55 bits per heavy atom. The monoisotopic (exact) mass is 447 g/mol. The minimum Gasteiger partial charge on any atom is -0.497 e. The van der Waals surface area contributed by atoms with Gasteiger partial charge in [0.15, 0.2) is 18.5 Å². The Labute approximate surface area is 181 Å². The number of sulfonamides is 1. The van der Waals surface area contributed by atoms with E-state index in [9.17, 15) is 18.0 Å². The molecule has 0 spiro atoms. The van der Waals surface area contributed by atoms with Crippen LogP contribution in [-0.2, 0) is 19.6 Å². The molecule has 0 aromatic heterocycles. The van der Waals surface area contributed by atoms with Crippen molar-refractivity contribution in [2.45, 2.75) is 30.8 Å². The lowest BCUT2D eigenvalue weighted by molar-refractivity contribution is -0.149. The molecule has 1 fully saturated rings. The van der Waals surface area contributed by atoms with Crippen LogP contribution < -0.4 is 9.47 Å². The summed E-state index contributed by atoms with van der Waals surface area (Å²) in [5, 5.41) is 0. The Balaban J connectivity index is 1.53. The molecule has 9 heteroatoms. The van der Waals surface area contributed by atoms with Crippen molar-refractivity contribution in [3.8, 4) is 11.5 Å². The first-order valence-electron chi connectivity index (χ1n) is 9.92. The molecule has 0 radical (unpaired) electrons. The van der Waals surface area contributed by atoms with Crippen LogP contribution in [0.25, 0.3) is 0 Å². The average Bonchev–Trinajstić information content (AvgIpc) is 3.33. The van der Waals surface area contributed by atoms with Gasteiger partial charge >= 0.3 is 5.97 Å². The Kier molecular flexibility index (Phi) is 7.29. The lowest BCUT2D eigenvalue weighted by Crippen LogP contribution is -2.28. The van der Waals surface area contributed by atoms with E-state index in [0.29, 0.717) is 24.6 Å². The fraction of sp³-hybridized carbons (Fsp3) is 0.364. The predicted molar refractivity (Wildman–Crippen MR) is 113 cm³/mol. The highest BCUT2D eigenvalue weighted by molar-refractivity contribution is 7.89. The Hall–Kier alpha value is -2.91. The molecule has 0 saturated carbocycles. The van der Waals surface area contributed by atoms with Crippen molar-refractivity contribution in [2.24, 2.45) is 0 Å². The number of hydrogen-bond acceptors (Lipinski definition) is 7. The van der Waals surface area contributed by atoms with Crippen LogP contribution in [0.1, 0.15) is 30.1 Å². The second-order valence-electron chi connectivity index (χ2n) is 7.10. The fourth-order valence-electron chi connectivity index (χ4n) is 3.13. The summed E-state index contributed by atoms with van der Waals surface area (Å²) < 4.78 is 42.1. The van der Waals surface area contributed by atoms with E-state index in [-0.39, 0.29) is 10.5 Å². The van der Waals surface area contributed by atoms with Gasteiger partial charge in [0.05, 0.1) is 12.0 Å². The summed E-state index contributed by atoms with van der Waals surface area (Å²) in [6.07, 6.45) is 0.790. The maximum atomic E-state index is 12.5. The molecule has 2 aromatic carbocycles. The van der Waals surface area contributed by atoms with E-state index < -0.39 is 34.5 Å². The predicted octanol–water partition coefficient (Wildman–Crippen LogP) is 2.67. The van der Waals surface area contributed by atoms with Crippen molar-refractivity contribution in [1.82, 2.24) is 4.31 Å². The van der Waals surface area contributed by atoms with Crippen LogP contribution in [0.3, 0.4) is 0 Å². The zero-order chi connectivity index (χ0) is 22.4. The lowest BCUT2D eigenvalue weighted by atomic mass is 10.1. The molecule has 1 saturated heterocycles. The van der Waals surface area contributed by atoms with E-state index in [1.165, 1.54) is 35.5 Å². The normalized spacial score (nSPS) is 15.3. The summed E-state index contributed by atoms with van der Waals surface area (Å²) in [5.41, 5.74) is 0.261. The second-order valence-corrected chi connectivity index (χ2v) is 9.04. The van der Waals surface area contributed by atoms with Gasteiger partial charge in [-0.05, 0) is 68.3 Å². The zero-order valence-electron chi connectivity index (χ0n) is 17.4. The van der Waals surface area contributed by atoms with Crippen molar-refractivity contribution >= 4 is 21.8 Å². The number of Topliss-reactive ketones (excluding diaryl/α,β-unsaturated/α-hetero) is 1. The lowest BCUT2D eigenvalue weighted by Gasteiger charge is -2.15. The van der Waals surface area contributed by atoms with Gasteiger partial charge in [-0.3, -0.25) is 4.79 Å². The first-order chi connectivity index (χ1) is 14.8. The maximum absolute atomic E-state index is 12.5. The van der Waals surface area contributed by atoms with Crippen molar-refractivity contribution in [3.63, 3.8) is 0 Å². The van der Waals surface area contributed by atoms with E-state index in [1.807, 2.05) is 0 Å². The first-order valence-corrected chi connectivity index (χ1v) is 11.4. The number of carbonyl (C=O) groups excluding carboxylic acids is 2. The number of benzene rings is 2. The van der Waals surface area contributed by atoms with Crippen LogP contribution >= 0.6 is 0 Å². The molecular formula is C22H25NO7S. The number of nitrogens with zero attached hydrogens (tertiary/aromatic N) is 1. The molecule has 31 heavy (non-hydrogen) atoms. The number of ketones is 1. The van der Waals surface area contributed by atoms with Gasteiger partial charge in [-0.15, -0.1) is 0 Å². The molecule has 0 N–H and O–H groups in total. The minimum absolute atomic E-state index is 0.143. The average molecular weight is 448 g/mol. The van der Waals surface area contributed by atoms with Gasteiger partial charge < -0.3 is 14.2 Å². The minimum atomic E-state index is -3.54.